The Kier molecular flexibility index (Phi) is 5.78. The highest BCUT2D eigenvalue weighted by atomic mass is 16.1. The summed E-state index contributed by atoms with van der Waals surface area (Å²) in [5.41, 5.74) is 4.46. The largest absolute Gasteiger partial charge is 0.322 e. The number of H-pyrrole nitrogens is 1. The van der Waals surface area contributed by atoms with E-state index >= 15 is 0 Å². The lowest BCUT2D eigenvalue weighted by atomic mass is 9.96. The van der Waals surface area contributed by atoms with Crippen LogP contribution < -0.4 is 5.56 Å². The van der Waals surface area contributed by atoms with Crippen molar-refractivity contribution in [2.45, 2.75) is 39.0 Å². The van der Waals surface area contributed by atoms with Crippen molar-refractivity contribution in [3.63, 3.8) is 0 Å². The van der Waals surface area contributed by atoms with Crippen LogP contribution in [-0.2, 0) is 0 Å². The van der Waals surface area contributed by atoms with Crippen LogP contribution in [0.4, 0.5) is 0 Å². The molecule has 2 aromatic heterocycles. The first kappa shape index (κ1) is 17.2. The number of benzene rings is 1. The summed E-state index contributed by atoms with van der Waals surface area (Å²) in [4.78, 5) is 18.6. The maximum atomic E-state index is 11.5. The summed E-state index contributed by atoms with van der Waals surface area (Å²) in [5.74, 6) is 0. The van der Waals surface area contributed by atoms with E-state index in [-0.39, 0.29) is 5.56 Å². The van der Waals surface area contributed by atoms with Crippen molar-refractivity contribution in [3.8, 4) is 0 Å². The van der Waals surface area contributed by atoms with Crippen molar-refractivity contribution in [1.29, 1.82) is 0 Å². The van der Waals surface area contributed by atoms with Crippen LogP contribution in [0.2, 0.25) is 0 Å². The summed E-state index contributed by atoms with van der Waals surface area (Å²) in [6.07, 6.45) is 11.9. The Morgan fingerprint density at radius 3 is 2.84 bits per heavy atom. The highest BCUT2D eigenvalue weighted by molar-refractivity contribution is 5.87. The summed E-state index contributed by atoms with van der Waals surface area (Å²) < 4.78 is 0. The minimum Gasteiger partial charge on any atom is -0.322 e. The SMILES string of the molecule is CCCCCCC(=Cc1cccnc1)c1ccc2[nH]c(=O)ccc2c1. The summed E-state index contributed by atoms with van der Waals surface area (Å²) in [7, 11) is 0. The number of aromatic amines is 1. The zero-order valence-corrected chi connectivity index (χ0v) is 14.7. The summed E-state index contributed by atoms with van der Waals surface area (Å²) in [6.45, 7) is 2.23. The van der Waals surface area contributed by atoms with Gasteiger partial charge in [-0.1, -0.05) is 38.3 Å². The molecular weight excluding hydrogens is 308 g/mol. The van der Waals surface area contributed by atoms with Gasteiger partial charge in [-0.25, -0.2) is 0 Å². The number of allylic oxidation sites excluding steroid dienone is 1. The van der Waals surface area contributed by atoms with Gasteiger partial charge in [0.2, 0.25) is 5.56 Å². The molecule has 128 valence electrons. The molecule has 2 heterocycles. The normalized spacial score (nSPS) is 11.8. The van der Waals surface area contributed by atoms with Crippen molar-refractivity contribution >= 4 is 22.6 Å². The molecule has 0 fully saturated rings. The van der Waals surface area contributed by atoms with E-state index in [0.717, 1.165) is 22.9 Å². The molecule has 0 aliphatic carbocycles. The molecular formula is C22H24N2O. The molecule has 0 saturated heterocycles. The van der Waals surface area contributed by atoms with E-state index in [9.17, 15) is 4.79 Å². The van der Waals surface area contributed by atoms with Crippen LogP contribution in [0.5, 0.6) is 0 Å². The summed E-state index contributed by atoms with van der Waals surface area (Å²) in [5, 5.41) is 1.06. The fourth-order valence-corrected chi connectivity index (χ4v) is 3.06. The third-order valence-electron chi connectivity index (χ3n) is 4.42. The van der Waals surface area contributed by atoms with Crippen molar-refractivity contribution in [3.05, 3.63) is 76.3 Å². The number of rotatable bonds is 7. The molecule has 1 aromatic carbocycles. The molecule has 1 N–H and O–H groups in total. The maximum Gasteiger partial charge on any atom is 0.248 e. The first-order valence-corrected chi connectivity index (χ1v) is 9.00. The third kappa shape index (κ3) is 4.66. The van der Waals surface area contributed by atoms with Crippen LogP contribution in [0.1, 0.15) is 50.2 Å². The van der Waals surface area contributed by atoms with Gasteiger partial charge in [-0.2, -0.15) is 0 Å². The maximum absolute atomic E-state index is 11.5. The molecule has 0 spiro atoms. The number of hydrogen-bond donors (Lipinski definition) is 1. The van der Waals surface area contributed by atoms with Crippen molar-refractivity contribution in [2.24, 2.45) is 0 Å². The summed E-state index contributed by atoms with van der Waals surface area (Å²) in [6, 6.07) is 13.8. The fraction of sp³-hybridized carbons (Fsp3) is 0.273. The predicted octanol–water partition coefficient (Wildman–Crippen LogP) is 5.43. The van der Waals surface area contributed by atoms with Gasteiger partial charge < -0.3 is 4.98 Å². The number of pyridine rings is 2. The molecule has 0 aliphatic rings. The van der Waals surface area contributed by atoms with E-state index in [1.165, 1.54) is 36.8 Å². The van der Waals surface area contributed by atoms with Gasteiger partial charge in [-0.15, -0.1) is 0 Å². The molecule has 3 nitrogen and oxygen atoms in total. The van der Waals surface area contributed by atoms with Gasteiger partial charge >= 0.3 is 0 Å². The smallest absolute Gasteiger partial charge is 0.248 e. The zero-order chi connectivity index (χ0) is 17.5. The predicted molar refractivity (Wildman–Crippen MR) is 105 cm³/mol. The van der Waals surface area contributed by atoms with E-state index in [0.29, 0.717) is 0 Å². The fourth-order valence-electron chi connectivity index (χ4n) is 3.06. The Hall–Kier alpha value is -2.68. The number of nitrogens with zero attached hydrogens (tertiary/aromatic N) is 1. The van der Waals surface area contributed by atoms with Gasteiger partial charge in [-0.05, 0) is 65.3 Å². The topological polar surface area (TPSA) is 45.8 Å². The molecule has 0 unspecified atom stereocenters. The molecule has 3 heteroatoms. The van der Waals surface area contributed by atoms with Crippen LogP contribution in [0.3, 0.4) is 0 Å². The van der Waals surface area contributed by atoms with Crippen molar-refractivity contribution in [2.75, 3.05) is 0 Å². The van der Waals surface area contributed by atoms with Gasteiger partial charge in [-0.3, -0.25) is 9.78 Å². The lowest BCUT2D eigenvalue weighted by Gasteiger charge is -2.10. The van der Waals surface area contributed by atoms with Crippen molar-refractivity contribution in [1.82, 2.24) is 9.97 Å². The van der Waals surface area contributed by atoms with E-state index in [4.69, 9.17) is 0 Å². The average molecular weight is 332 g/mol. The lowest BCUT2D eigenvalue weighted by Crippen LogP contribution is -2.02. The molecule has 3 aromatic rings. The van der Waals surface area contributed by atoms with Crippen LogP contribution in [0.15, 0.2) is 59.7 Å². The molecule has 0 atom stereocenters. The number of nitrogens with one attached hydrogen (secondary N) is 1. The molecule has 0 amide bonds. The average Bonchev–Trinajstić information content (AvgIpc) is 2.64. The lowest BCUT2D eigenvalue weighted by molar-refractivity contribution is 0.679. The second-order valence-corrected chi connectivity index (χ2v) is 6.39. The summed E-state index contributed by atoms with van der Waals surface area (Å²) >= 11 is 0. The highest BCUT2D eigenvalue weighted by Gasteiger charge is 2.05. The Bertz CT molecular complexity index is 910. The second-order valence-electron chi connectivity index (χ2n) is 6.39. The first-order valence-electron chi connectivity index (χ1n) is 9.00. The quantitative estimate of drug-likeness (QED) is 0.586. The van der Waals surface area contributed by atoms with Gasteiger partial charge in [0.25, 0.3) is 0 Å². The van der Waals surface area contributed by atoms with E-state index in [1.54, 1.807) is 12.3 Å². The van der Waals surface area contributed by atoms with E-state index < -0.39 is 0 Å². The molecule has 25 heavy (non-hydrogen) atoms. The van der Waals surface area contributed by atoms with E-state index in [1.807, 2.05) is 24.4 Å². The number of unbranched alkanes of at least 4 members (excludes halogenated alkanes) is 3. The van der Waals surface area contributed by atoms with Crippen LogP contribution in [-0.4, -0.2) is 9.97 Å². The van der Waals surface area contributed by atoms with Crippen molar-refractivity contribution < 1.29 is 0 Å². The third-order valence-corrected chi connectivity index (χ3v) is 4.42. The molecule has 0 aliphatic heterocycles. The Morgan fingerprint density at radius 2 is 2.04 bits per heavy atom. The monoisotopic (exact) mass is 332 g/mol. The first-order chi connectivity index (χ1) is 12.3. The number of fused-ring (bicyclic) bond motifs is 1. The van der Waals surface area contributed by atoms with Gasteiger partial charge in [0.1, 0.15) is 0 Å². The highest BCUT2D eigenvalue weighted by Crippen LogP contribution is 2.26. The number of hydrogen-bond acceptors (Lipinski definition) is 2. The van der Waals surface area contributed by atoms with Crippen LogP contribution in [0.25, 0.3) is 22.6 Å². The Balaban J connectivity index is 1.94. The van der Waals surface area contributed by atoms with Gasteiger partial charge in [0.05, 0.1) is 0 Å². The zero-order valence-electron chi connectivity index (χ0n) is 14.7. The number of aromatic nitrogens is 2. The standard InChI is InChI=1S/C22H24N2O/c1-2-3-4-5-8-18(14-17-7-6-13-23-16-17)19-9-11-21-20(15-19)10-12-22(25)24-21/h6-7,9-16H,2-5,8H2,1H3,(H,24,25). The minimum absolute atomic E-state index is 0.0639. The molecule has 3 rings (SSSR count). The van der Waals surface area contributed by atoms with Crippen LogP contribution >= 0.6 is 0 Å². The van der Waals surface area contributed by atoms with E-state index in [2.05, 4.69) is 41.2 Å². The van der Waals surface area contributed by atoms with Crippen LogP contribution in [0, 0.1) is 0 Å². The molecule has 0 saturated carbocycles. The minimum atomic E-state index is -0.0639. The Morgan fingerprint density at radius 1 is 1.12 bits per heavy atom. The molecule has 0 radical (unpaired) electrons. The van der Waals surface area contributed by atoms with Gasteiger partial charge in [0, 0.05) is 24.0 Å². The second kappa shape index (κ2) is 8.43. The van der Waals surface area contributed by atoms with Gasteiger partial charge in [0.15, 0.2) is 0 Å². The Labute approximate surface area is 148 Å². The molecule has 0 bridgehead atoms.